The zero-order valence-corrected chi connectivity index (χ0v) is 13.1. The van der Waals surface area contributed by atoms with Gasteiger partial charge in [0.1, 0.15) is 0 Å². The maximum Gasteiger partial charge on any atom is 0.0424 e. The maximum absolute atomic E-state index is 2.31. The fraction of sp³-hybridized carbons (Fsp3) is 0.182. The van der Waals surface area contributed by atoms with E-state index in [-0.39, 0.29) is 5.41 Å². The normalized spacial score (nSPS) is 20.5. The molecule has 0 heteroatoms. The fourth-order valence-electron chi connectivity index (χ4n) is 4.09. The molecule has 0 saturated carbocycles. The van der Waals surface area contributed by atoms with E-state index in [4.69, 9.17) is 0 Å². The summed E-state index contributed by atoms with van der Waals surface area (Å²) in [5.41, 5.74) is 6.01. The van der Waals surface area contributed by atoms with Crippen molar-refractivity contribution < 1.29 is 0 Å². The van der Waals surface area contributed by atoms with Crippen molar-refractivity contribution in [1.82, 2.24) is 0 Å². The largest absolute Gasteiger partial charge is 0.0639 e. The standard InChI is InChI=1S/C22H20/c1-3-22(16(2)21(22)18-11-5-4-6-12-18)20-15-9-13-17-10-7-8-14-19(17)20/h4-15H,3H2,1-2H3. The van der Waals surface area contributed by atoms with E-state index in [1.165, 1.54) is 33.0 Å². The predicted molar refractivity (Wildman–Crippen MR) is 95.0 cm³/mol. The molecule has 0 N–H and O–H groups in total. The van der Waals surface area contributed by atoms with E-state index >= 15 is 0 Å². The highest BCUT2D eigenvalue weighted by Gasteiger charge is 2.51. The van der Waals surface area contributed by atoms with Gasteiger partial charge < -0.3 is 0 Å². The van der Waals surface area contributed by atoms with Gasteiger partial charge in [-0.1, -0.05) is 85.3 Å². The summed E-state index contributed by atoms with van der Waals surface area (Å²) in [6, 6.07) is 26.3. The van der Waals surface area contributed by atoms with Crippen LogP contribution in [0.4, 0.5) is 0 Å². The van der Waals surface area contributed by atoms with Gasteiger partial charge >= 0.3 is 0 Å². The summed E-state index contributed by atoms with van der Waals surface area (Å²) in [7, 11) is 0. The average molecular weight is 284 g/mol. The van der Waals surface area contributed by atoms with Gasteiger partial charge in [0.05, 0.1) is 0 Å². The molecule has 0 nitrogen and oxygen atoms in total. The molecule has 108 valence electrons. The van der Waals surface area contributed by atoms with Gasteiger partial charge in [0, 0.05) is 5.41 Å². The molecule has 0 bridgehead atoms. The average Bonchev–Trinajstić information content (AvgIpc) is 3.20. The second-order valence-corrected chi connectivity index (χ2v) is 6.15. The molecule has 1 aliphatic carbocycles. The molecule has 0 spiro atoms. The molecular formula is C22H20. The highest BCUT2D eigenvalue weighted by Crippen LogP contribution is 2.62. The zero-order valence-electron chi connectivity index (χ0n) is 13.1. The number of fused-ring (bicyclic) bond motifs is 1. The van der Waals surface area contributed by atoms with Crippen molar-refractivity contribution >= 4 is 16.3 Å². The smallest absolute Gasteiger partial charge is 0.0424 e. The third-order valence-electron chi connectivity index (χ3n) is 5.22. The number of hydrogen-bond donors (Lipinski definition) is 0. The summed E-state index contributed by atoms with van der Waals surface area (Å²) in [4.78, 5) is 0. The zero-order chi connectivity index (χ0) is 15.2. The van der Waals surface area contributed by atoms with Gasteiger partial charge in [-0.3, -0.25) is 0 Å². The molecule has 0 heterocycles. The van der Waals surface area contributed by atoms with E-state index in [1.807, 2.05) is 0 Å². The highest BCUT2D eigenvalue weighted by atomic mass is 14.5. The van der Waals surface area contributed by atoms with E-state index in [2.05, 4.69) is 86.6 Å². The lowest BCUT2D eigenvalue weighted by Crippen LogP contribution is -2.12. The third-order valence-corrected chi connectivity index (χ3v) is 5.22. The summed E-state index contributed by atoms with van der Waals surface area (Å²) in [6.45, 7) is 4.61. The molecule has 4 rings (SSSR count). The molecule has 0 aromatic heterocycles. The molecule has 0 amide bonds. The van der Waals surface area contributed by atoms with Crippen molar-refractivity contribution in [3.8, 4) is 0 Å². The molecule has 3 aromatic rings. The van der Waals surface area contributed by atoms with Crippen LogP contribution in [0.25, 0.3) is 16.3 Å². The van der Waals surface area contributed by atoms with Crippen LogP contribution in [0, 0.1) is 0 Å². The van der Waals surface area contributed by atoms with Gasteiger partial charge in [-0.25, -0.2) is 0 Å². The van der Waals surface area contributed by atoms with Crippen LogP contribution in [0.15, 0.2) is 78.4 Å². The first-order valence-corrected chi connectivity index (χ1v) is 8.04. The lowest BCUT2D eigenvalue weighted by molar-refractivity contribution is 0.718. The van der Waals surface area contributed by atoms with Crippen LogP contribution in [-0.2, 0) is 5.41 Å². The lowest BCUT2D eigenvalue weighted by atomic mass is 9.81. The molecule has 0 radical (unpaired) electrons. The molecule has 3 aromatic carbocycles. The summed E-state index contributed by atoms with van der Waals surface area (Å²) in [6.07, 6.45) is 1.12. The first kappa shape index (κ1) is 13.3. The van der Waals surface area contributed by atoms with E-state index in [0.29, 0.717) is 0 Å². The molecule has 1 aliphatic rings. The van der Waals surface area contributed by atoms with Crippen molar-refractivity contribution in [3.63, 3.8) is 0 Å². The van der Waals surface area contributed by atoms with Crippen LogP contribution >= 0.6 is 0 Å². The topological polar surface area (TPSA) is 0 Å². The minimum atomic E-state index is 0.127. The number of benzene rings is 3. The van der Waals surface area contributed by atoms with Crippen LogP contribution < -0.4 is 0 Å². The Morgan fingerprint density at radius 3 is 2.23 bits per heavy atom. The number of hydrogen-bond acceptors (Lipinski definition) is 0. The molecule has 0 fully saturated rings. The Hall–Kier alpha value is -2.34. The van der Waals surface area contributed by atoms with Crippen molar-refractivity contribution in [2.75, 3.05) is 0 Å². The van der Waals surface area contributed by atoms with Crippen molar-refractivity contribution in [1.29, 1.82) is 0 Å². The first-order valence-electron chi connectivity index (χ1n) is 8.04. The monoisotopic (exact) mass is 284 g/mol. The summed E-state index contributed by atoms with van der Waals surface area (Å²) in [5.74, 6) is 0. The Kier molecular flexibility index (Phi) is 2.94. The highest BCUT2D eigenvalue weighted by molar-refractivity contribution is 6.01. The summed E-state index contributed by atoms with van der Waals surface area (Å²) >= 11 is 0. The van der Waals surface area contributed by atoms with Gasteiger partial charge in [0.25, 0.3) is 0 Å². The second kappa shape index (κ2) is 4.84. The van der Waals surface area contributed by atoms with Crippen LogP contribution in [-0.4, -0.2) is 0 Å². The Morgan fingerprint density at radius 2 is 1.45 bits per heavy atom. The van der Waals surface area contributed by atoms with Gasteiger partial charge in [0.15, 0.2) is 0 Å². The van der Waals surface area contributed by atoms with E-state index in [0.717, 1.165) is 6.42 Å². The minimum absolute atomic E-state index is 0.127. The van der Waals surface area contributed by atoms with Gasteiger partial charge in [-0.15, -0.1) is 0 Å². The molecule has 1 atom stereocenters. The van der Waals surface area contributed by atoms with E-state index < -0.39 is 0 Å². The van der Waals surface area contributed by atoms with Crippen LogP contribution in [0.5, 0.6) is 0 Å². The SMILES string of the molecule is CCC1(c2cccc3ccccc23)C(C)=C1c1ccccc1. The van der Waals surface area contributed by atoms with Crippen molar-refractivity contribution in [2.45, 2.75) is 25.7 Å². The third kappa shape index (κ3) is 1.70. The van der Waals surface area contributed by atoms with Gasteiger partial charge in [0.2, 0.25) is 0 Å². The summed E-state index contributed by atoms with van der Waals surface area (Å²) in [5, 5.41) is 2.72. The molecule has 0 saturated heterocycles. The Bertz CT molecular complexity index is 865. The first-order chi connectivity index (χ1) is 10.8. The van der Waals surface area contributed by atoms with Crippen LogP contribution in [0.2, 0.25) is 0 Å². The van der Waals surface area contributed by atoms with Gasteiger partial charge in [-0.2, -0.15) is 0 Å². The Balaban J connectivity index is 1.91. The minimum Gasteiger partial charge on any atom is -0.0639 e. The van der Waals surface area contributed by atoms with Crippen LogP contribution in [0.1, 0.15) is 31.4 Å². The molecule has 22 heavy (non-hydrogen) atoms. The summed E-state index contributed by atoms with van der Waals surface area (Å²) < 4.78 is 0. The molecule has 0 aliphatic heterocycles. The van der Waals surface area contributed by atoms with E-state index in [1.54, 1.807) is 0 Å². The second-order valence-electron chi connectivity index (χ2n) is 6.15. The Labute approximate surface area is 132 Å². The maximum atomic E-state index is 2.31. The fourth-order valence-corrected chi connectivity index (χ4v) is 4.09. The van der Waals surface area contributed by atoms with Crippen molar-refractivity contribution in [2.24, 2.45) is 0 Å². The predicted octanol–water partition coefficient (Wildman–Crippen LogP) is 5.97. The van der Waals surface area contributed by atoms with Gasteiger partial charge in [-0.05, 0) is 40.8 Å². The van der Waals surface area contributed by atoms with Crippen molar-refractivity contribution in [3.05, 3.63) is 89.5 Å². The van der Waals surface area contributed by atoms with E-state index in [9.17, 15) is 0 Å². The molecule has 1 unspecified atom stereocenters. The molecular weight excluding hydrogens is 264 g/mol. The quantitative estimate of drug-likeness (QED) is 0.555. The number of allylic oxidation sites excluding steroid dienone is 2. The lowest BCUT2D eigenvalue weighted by Gasteiger charge is -2.21. The number of rotatable bonds is 3. The van der Waals surface area contributed by atoms with Crippen LogP contribution in [0.3, 0.4) is 0 Å². The Morgan fingerprint density at radius 1 is 0.773 bits per heavy atom.